The summed E-state index contributed by atoms with van der Waals surface area (Å²) in [4.78, 5) is 0. The molecule has 1 aromatic heterocycles. The maximum Gasteiger partial charge on any atom is 0.126 e. The summed E-state index contributed by atoms with van der Waals surface area (Å²) < 4.78 is 27.9. The molecule has 1 heterocycles. The lowest BCUT2D eigenvalue weighted by Crippen LogP contribution is -2.11. The quantitative estimate of drug-likeness (QED) is 0.903. The van der Waals surface area contributed by atoms with E-state index < -0.39 is 17.7 Å². The number of benzene rings is 1. The van der Waals surface area contributed by atoms with Gasteiger partial charge in [-0.2, -0.15) is 5.10 Å². The van der Waals surface area contributed by atoms with Gasteiger partial charge in [0, 0.05) is 25.2 Å². The first-order chi connectivity index (χ1) is 9.10. The minimum absolute atomic E-state index is 0.157. The van der Waals surface area contributed by atoms with Crippen LogP contribution in [0.25, 0.3) is 0 Å². The van der Waals surface area contributed by atoms with Crippen molar-refractivity contribution in [2.75, 3.05) is 0 Å². The van der Waals surface area contributed by atoms with E-state index in [4.69, 9.17) is 0 Å². The second kappa shape index (κ2) is 5.93. The van der Waals surface area contributed by atoms with Gasteiger partial charge in [0.25, 0.3) is 0 Å². The molecule has 1 unspecified atom stereocenters. The van der Waals surface area contributed by atoms with Gasteiger partial charge in [0.15, 0.2) is 0 Å². The Bertz CT molecular complexity index is 534. The Hall–Kier alpha value is -1.75. The number of aromatic nitrogens is 2. The third-order valence-corrected chi connectivity index (χ3v) is 2.88. The maximum atomic E-state index is 13.1. The molecule has 1 atom stereocenters. The average Bonchev–Trinajstić information content (AvgIpc) is 2.76. The van der Waals surface area contributed by atoms with Crippen molar-refractivity contribution >= 4 is 0 Å². The molecule has 0 fully saturated rings. The Balaban J connectivity index is 2.15. The van der Waals surface area contributed by atoms with Crippen molar-refractivity contribution < 1.29 is 13.9 Å². The summed E-state index contributed by atoms with van der Waals surface area (Å²) in [5.41, 5.74) is 1.08. The van der Waals surface area contributed by atoms with E-state index in [1.807, 2.05) is 6.92 Å². The summed E-state index contributed by atoms with van der Waals surface area (Å²) in [6, 6.07) is 4.99. The molecule has 3 nitrogen and oxygen atoms in total. The van der Waals surface area contributed by atoms with E-state index >= 15 is 0 Å². The number of rotatable bonds is 5. The van der Waals surface area contributed by atoms with Crippen LogP contribution in [0, 0.1) is 11.6 Å². The zero-order valence-corrected chi connectivity index (χ0v) is 10.7. The fraction of sp³-hybridized carbons (Fsp3) is 0.357. The van der Waals surface area contributed by atoms with Crippen LogP contribution < -0.4 is 0 Å². The first kappa shape index (κ1) is 13.7. The van der Waals surface area contributed by atoms with Gasteiger partial charge >= 0.3 is 0 Å². The molecule has 0 amide bonds. The van der Waals surface area contributed by atoms with E-state index in [-0.39, 0.29) is 6.42 Å². The number of hydrogen-bond donors (Lipinski definition) is 1. The van der Waals surface area contributed by atoms with Gasteiger partial charge in [-0.25, -0.2) is 8.78 Å². The van der Waals surface area contributed by atoms with Gasteiger partial charge in [0.2, 0.25) is 0 Å². The van der Waals surface area contributed by atoms with Gasteiger partial charge in [-0.15, -0.1) is 0 Å². The minimum atomic E-state index is -0.824. The van der Waals surface area contributed by atoms with Crippen LogP contribution in [0.4, 0.5) is 8.78 Å². The van der Waals surface area contributed by atoms with E-state index in [1.165, 1.54) is 12.1 Å². The fourth-order valence-electron chi connectivity index (χ4n) is 2.08. The van der Waals surface area contributed by atoms with Gasteiger partial charge in [0.1, 0.15) is 11.6 Å². The zero-order valence-electron chi connectivity index (χ0n) is 10.7. The van der Waals surface area contributed by atoms with Crippen LogP contribution >= 0.6 is 0 Å². The minimum Gasteiger partial charge on any atom is -0.386 e. The molecular weight excluding hydrogens is 250 g/mol. The second-order valence-electron chi connectivity index (χ2n) is 4.48. The molecule has 0 spiro atoms. The van der Waals surface area contributed by atoms with Gasteiger partial charge < -0.3 is 5.11 Å². The van der Waals surface area contributed by atoms with Gasteiger partial charge in [0.05, 0.1) is 11.8 Å². The van der Waals surface area contributed by atoms with Crippen molar-refractivity contribution in [3.8, 4) is 0 Å². The number of aliphatic hydroxyl groups excluding tert-OH is 1. The molecule has 5 heteroatoms. The molecule has 0 radical (unpaired) electrons. The molecule has 0 saturated carbocycles. The largest absolute Gasteiger partial charge is 0.386 e. The van der Waals surface area contributed by atoms with Crippen LogP contribution in [-0.2, 0) is 13.0 Å². The van der Waals surface area contributed by atoms with Crippen LogP contribution in [0.2, 0.25) is 0 Å². The number of aryl methyl sites for hydroxylation is 1. The second-order valence-corrected chi connectivity index (χ2v) is 4.48. The summed E-state index contributed by atoms with van der Waals surface area (Å²) in [6.45, 7) is 2.72. The maximum absolute atomic E-state index is 13.1. The average molecular weight is 266 g/mol. The summed E-state index contributed by atoms with van der Waals surface area (Å²) >= 11 is 0. The smallest absolute Gasteiger partial charge is 0.126 e. The molecule has 0 aliphatic heterocycles. The van der Waals surface area contributed by atoms with Crippen molar-refractivity contribution in [1.29, 1.82) is 0 Å². The molecule has 2 aromatic rings. The highest BCUT2D eigenvalue weighted by atomic mass is 19.1. The Labute approximate surface area is 110 Å². The molecule has 19 heavy (non-hydrogen) atoms. The van der Waals surface area contributed by atoms with E-state index in [2.05, 4.69) is 5.10 Å². The van der Waals surface area contributed by atoms with Crippen molar-refractivity contribution in [3.05, 3.63) is 53.4 Å². The lowest BCUT2D eigenvalue weighted by molar-refractivity contribution is 0.166. The van der Waals surface area contributed by atoms with Crippen LogP contribution in [-0.4, -0.2) is 14.9 Å². The first-order valence-corrected chi connectivity index (χ1v) is 6.25. The Morgan fingerprint density at radius 1 is 1.26 bits per heavy atom. The van der Waals surface area contributed by atoms with Crippen molar-refractivity contribution in [3.63, 3.8) is 0 Å². The molecular formula is C14H16F2N2O. The van der Waals surface area contributed by atoms with Crippen LogP contribution in [0.1, 0.15) is 30.7 Å². The third-order valence-electron chi connectivity index (χ3n) is 2.88. The highest BCUT2D eigenvalue weighted by Gasteiger charge is 2.14. The standard InChI is InChI=1S/C14H16F2N2O/c1-2-5-18-13(3-4-17-18)14(19)8-10-6-11(15)9-12(16)7-10/h3-4,6-7,9,14,19H,2,5,8H2,1H3. The van der Waals surface area contributed by atoms with E-state index in [1.54, 1.807) is 16.9 Å². The molecule has 0 saturated heterocycles. The van der Waals surface area contributed by atoms with Crippen molar-refractivity contribution in [2.45, 2.75) is 32.4 Å². The Morgan fingerprint density at radius 2 is 1.95 bits per heavy atom. The van der Waals surface area contributed by atoms with Crippen LogP contribution in [0.5, 0.6) is 0 Å². The lowest BCUT2D eigenvalue weighted by Gasteiger charge is -2.13. The first-order valence-electron chi connectivity index (χ1n) is 6.25. The SMILES string of the molecule is CCCn1nccc1C(O)Cc1cc(F)cc(F)c1. The molecule has 0 bridgehead atoms. The summed E-state index contributed by atoms with van der Waals surface area (Å²) in [6.07, 6.45) is 1.84. The third kappa shape index (κ3) is 3.38. The van der Waals surface area contributed by atoms with Gasteiger partial charge in [-0.05, 0) is 30.2 Å². The Kier molecular flexibility index (Phi) is 4.27. The van der Waals surface area contributed by atoms with E-state index in [0.29, 0.717) is 17.8 Å². The van der Waals surface area contributed by atoms with Gasteiger partial charge in [-0.3, -0.25) is 4.68 Å². The van der Waals surface area contributed by atoms with Crippen LogP contribution in [0.3, 0.4) is 0 Å². The molecule has 102 valence electrons. The number of hydrogen-bond acceptors (Lipinski definition) is 2. The normalized spacial score (nSPS) is 12.6. The van der Waals surface area contributed by atoms with E-state index in [0.717, 1.165) is 12.5 Å². The predicted molar refractivity (Wildman–Crippen MR) is 67.5 cm³/mol. The molecule has 1 aromatic carbocycles. The highest BCUT2D eigenvalue weighted by Crippen LogP contribution is 2.19. The van der Waals surface area contributed by atoms with Gasteiger partial charge in [-0.1, -0.05) is 6.92 Å². The number of halogens is 2. The molecule has 0 aliphatic carbocycles. The predicted octanol–water partition coefficient (Wildman–Crippen LogP) is 2.85. The highest BCUT2D eigenvalue weighted by molar-refractivity contribution is 5.20. The fourth-order valence-corrected chi connectivity index (χ4v) is 2.08. The summed E-state index contributed by atoms with van der Waals surface area (Å²) in [5.74, 6) is -1.27. The number of nitrogens with zero attached hydrogens (tertiary/aromatic N) is 2. The molecule has 1 N–H and O–H groups in total. The molecule has 2 rings (SSSR count). The summed E-state index contributed by atoms with van der Waals surface area (Å²) in [7, 11) is 0. The van der Waals surface area contributed by atoms with Crippen molar-refractivity contribution in [2.24, 2.45) is 0 Å². The van der Waals surface area contributed by atoms with Crippen molar-refractivity contribution in [1.82, 2.24) is 9.78 Å². The monoisotopic (exact) mass is 266 g/mol. The number of aliphatic hydroxyl groups is 1. The molecule has 0 aliphatic rings. The Morgan fingerprint density at radius 3 is 2.58 bits per heavy atom. The van der Waals surface area contributed by atoms with Crippen LogP contribution in [0.15, 0.2) is 30.5 Å². The lowest BCUT2D eigenvalue weighted by atomic mass is 10.1. The zero-order chi connectivity index (χ0) is 13.8. The summed E-state index contributed by atoms with van der Waals surface area (Å²) in [5, 5.41) is 14.3. The van der Waals surface area contributed by atoms with E-state index in [9.17, 15) is 13.9 Å². The topological polar surface area (TPSA) is 38.0 Å².